The molecule has 184 valence electrons. The fraction of sp³-hybridized carbons (Fsp3) is 0.767. The molecular formula is C30H46O3. The highest BCUT2D eigenvalue weighted by atomic mass is 16.5. The van der Waals surface area contributed by atoms with Crippen molar-refractivity contribution in [3.05, 3.63) is 35.5 Å². The van der Waals surface area contributed by atoms with E-state index in [-0.39, 0.29) is 22.9 Å². The third kappa shape index (κ3) is 4.07. The Hall–Kier alpha value is -1.35. The average Bonchev–Trinajstić information content (AvgIpc) is 3.09. The summed E-state index contributed by atoms with van der Waals surface area (Å²) in [4.78, 5) is 11.5. The van der Waals surface area contributed by atoms with Crippen molar-refractivity contribution >= 4 is 5.97 Å². The molecule has 4 aliphatic carbocycles. The normalized spacial score (nSPS) is 42.2. The van der Waals surface area contributed by atoms with Crippen LogP contribution in [0.25, 0.3) is 0 Å². The van der Waals surface area contributed by atoms with Gasteiger partial charge in [0.25, 0.3) is 0 Å². The van der Waals surface area contributed by atoms with Gasteiger partial charge in [-0.1, -0.05) is 71.4 Å². The largest absolute Gasteiger partial charge is 0.462 e. The predicted octanol–water partition coefficient (Wildman–Crippen LogP) is 7.02. The van der Waals surface area contributed by atoms with Crippen LogP contribution in [0, 0.1) is 40.4 Å². The van der Waals surface area contributed by atoms with E-state index in [0.717, 1.165) is 19.3 Å². The summed E-state index contributed by atoms with van der Waals surface area (Å²) in [5, 5.41) is 11.8. The van der Waals surface area contributed by atoms with Crippen LogP contribution < -0.4 is 0 Å². The minimum Gasteiger partial charge on any atom is -0.462 e. The van der Waals surface area contributed by atoms with Crippen molar-refractivity contribution in [2.75, 3.05) is 0 Å². The van der Waals surface area contributed by atoms with Crippen molar-refractivity contribution in [2.24, 2.45) is 40.4 Å². The first kappa shape index (κ1) is 24.8. The molecule has 8 atom stereocenters. The van der Waals surface area contributed by atoms with Gasteiger partial charge >= 0.3 is 5.97 Å². The molecule has 4 rings (SSSR count). The molecule has 0 radical (unpaired) electrons. The van der Waals surface area contributed by atoms with Crippen LogP contribution in [0.2, 0.25) is 0 Å². The molecule has 1 N–H and O–H groups in total. The summed E-state index contributed by atoms with van der Waals surface area (Å²) >= 11 is 0. The average molecular weight is 455 g/mol. The molecule has 0 saturated heterocycles. The lowest BCUT2D eigenvalue weighted by atomic mass is 9.49. The van der Waals surface area contributed by atoms with Crippen LogP contribution in [-0.4, -0.2) is 22.8 Å². The summed E-state index contributed by atoms with van der Waals surface area (Å²) in [5.41, 5.74) is 2.38. The van der Waals surface area contributed by atoms with E-state index in [9.17, 15) is 9.90 Å². The summed E-state index contributed by atoms with van der Waals surface area (Å²) in [6, 6.07) is 0. The zero-order chi connectivity index (χ0) is 24.2. The lowest BCUT2D eigenvalue weighted by molar-refractivity contribution is -0.166. The Morgan fingerprint density at radius 1 is 1.12 bits per heavy atom. The maximum atomic E-state index is 11.8. The maximum Gasteiger partial charge on any atom is 0.302 e. The van der Waals surface area contributed by atoms with E-state index in [2.05, 4.69) is 65.8 Å². The second-order valence-corrected chi connectivity index (χ2v) is 12.6. The lowest BCUT2D eigenvalue weighted by Gasteiger charge is -2.58. The molecule has 33 heavy (non-hydrogen) atoms. The number of aliphatic hydroxyl groups is 1. The second kappa shape index (κ2) is 8.70. The first-order valence-electron chi connectivity index (χ1n) is 13.4. The van der Waals surface area contributed by atoms with Crippen LogP contribution in [-0.2, 0) is 9.53 Å². The van der Waals surface area contributed by atoms with Gasteiger partial charge in [-0.15, -0.1) is 0 Å². The number of fused-ring (bicyclic) bond motifs is 4. The quantitative estimate of drug-likeness (QED) is 0.359. The van der Waals surface area contributed by atoms with Crippen LogP contribution in [0.5, 0.6) is 0 Å². The number of ether oxygens (including phenoxy) is 1. The number of hydrogen-bond acceptors (Lipinski definition) is 3. The topological polar surface area (TPSA) is 46.5 Å². The summed E-state index contributed by atoms with van der Waals surface area (Å²) in [6.45, 7) is 15.6. The lowest BCUT2D eigenvalue weighted by Crippen LogP contribution is -2.58. The molecule has 2 saturated carbocycles. The molecule has 0 bridgehead atoms. The third-order valence-corrected chi connectivity index (χ3v) is 10.4. The Morgan fingerprint density at radius 3 is 2.52 bits per heavy atom. The zero-order valence-electron chi connectivity index (χ0n) is 22.0. The second-order valence-electron chi connectivity index (χ2n) is 12.6. The van der Waals surface area contributed by atoms with E-state index in [4.69, 9.17) is 4.74 Å². The molecule has 3 nitrogen and oxygen atoms in total. The minimum atomic E-state index is -0.894. The van der Waals surface area contributed by atoms with Crippen molar-refractivity contribution in [3.8, 4) is 0 Å². The molecular weight excluding hydrogens is 408 g/mol. The van der Waals surface area contributed by atoms with Crippen molar-refractivity contribution in [1.29, 1.82) is 0 Å². The van der Waals surface area contributed by atoms with Crippen LogP contribution in [0.15, 0.2) is 35.5 Å². The molecule has 0 spiro atoms. The molecule has 0 heterocycles. The van der Waals surface area contributed by atoms with Gasteiger partial charge in [-0.05, 0) is 79.1 Å². The fourth-order valence-corrected chi connectivity index (χ4v) is 7.83. The Bertz CT molecular complexity index is 866. The summed E-state index contributed by atoms with van der Waals surface area (Å²) < 4.78 is 5.52. The van der Waals surface area contributed by atoms with Gasteiger partial charge in [0.2, 0.25) is 0 Å². The zero-order valence-corrected chi connectivity index (χ0v) is 22.0. The summed E-state index contributed by atoms with van der Waals surface area (Å²) in [6.07, 6.45) is 16.2. The van der Waals surface area contributed by atoms with Gasteiger partial charge in [0, 0.05) is 18.8 Å². The number of hydrogen-bond donors (Lipinski definition) is 1. The Kier molecular flexibility index (Phi) is 6.53. The highest BCUT2D eigenvalue weighted by molar-refractivity contribution is 5.66. The highest BCUT2D eigenvalue weighted by Gasteiger charge is 2.60. The monoisotopic (exact) mass is 454 g/mol. The first-order chi connectivity index (χ1) is 15.4. The van der Waals surface area contributed by atoms with E-state index < -0.39 is 5.60 Å². The van der Waals surface area contributed by atoms with E-state index in [0.29, 0.717) is 36.0 Å². The highest BCUT2D eigenvalue weighted by Crippen LogP contribution is 2.65. The Morgan fingerprint density at radius 2 is 1.85 bits per heavy atom. The van der Waals surface area contributed by atoms with Gasteiger partial charge in [-0.2, -0.15) is 0 Å². The van der Waals surface area contributed by atoms with E-state index in [1.165, 1.54) is 31.8 Å². The van der Waals surface area contributed by atoms with Crippen LogP contribution >= 0.6 is 0 Å². The van der Waals surface area contributed by atoms with Crippen molar-refractivity contribution in [3.63, 3.8) is 0 Å². The van der Waals surface area contributed by atoms with Gasteiger partial charge in [-0.25, -0.2) is 0 Å². The van der Waals surface area contributed by atoms with Crippen LogP contribution in [0.1, 0.15) is 93.4 Å². The minimum absolute atomic E-state index is 0.176. The standard InChI is InChI=1S/C30H46O3/c1-19(2)20(3)8-9-21(4)25-10-11-26-24-13-17-30(32)18-23(33-22(5)31)12-16-29(30,7)27(24)14-15-28(25,26)6/h8-9,13,17,19-21,23,25,27,32H,10-12,14-16,18H2,1-7H3/t20-,21+,23-,25+,27-,28+,29+,30+/m0/s1. The van der Waals surface area contributed by atoms with Gasteiger partial charge in [0.05, 0.1) is 5.60 Å². The van der Waals surface area contributed by atoms with E-state index in [1.54, 1.807) is 5.57 Å². The van der Waals surface area contributed by atoms with Gasteiger partial charge < -0.3 is 9.84 Å². The van der Waals surface area contributed by atoms with Crippen LogP contribution in [0.3, 0.4) is 0 Å². The number of esters is 1. The maximum absolute atomic E-state index is 11.8. The smallest absolute Gasteiger partial charge is 0.302 e. The van der Waals surface area contributed by atoms with E-state index in [1.807, 2.05) is 0 Å². The Balaban J connectivity index is 1.62. The summed E-state index contributed by atoms with van der Waals surface area (Å²) in [7, 11) is 0. The van der Waals surface area contributed by atoms with Crippen molar-refractivity contribution < 1.29 is 14.6 Å². The van der Waals surface area contributed by atoms with Gasteiger partial charge in [0.15, 0.2) is 0 Å². The predicted molar refractivity (Wildman–Crippen MR) is 134 cm³/mol. The molecule has 0 aromatic heterocycles. The molecule has 0 unspecified atom stereocenters. The summed E-state index contributed by atoms with van der Waals surface area (Å²) in [5.74, 6) is 2.74. The molecule has 2 fully saturated rings. The van der Waals surface area contributed by atoms with Crippen molar-refractivity contribution in [1.82, 2.24) is 0 Å². The van der Waals surface area contributed by atoms with Crippen molar-refractivity contribution in [2.45, 2.75) is 105 Å². The fourth-order valence-electron chi connectivity index (χ4n) is 7.83. The SMILES string of the molecule is CC(=O)O[C@H]1CC[C@]2(C)[C@H]3CC[C@@]4(C)C(=C3C=C[C@@]2(O)C1)CC[C@@H]4[C@H](C)C=C[C@H](C)C(C)C. The first-order valence-corrected chi connectivity index (χ1v) is 13.4. The number of allylic oxidation sites excluding steroid dienone is 5. The molecule has 4 aliphatic rings. The molecule has 0 aliphatic heterocycles. The van der Waals surface area contributed by atoms with E-state index >= 15 is 0 Å². The number of rotatable bonds is 5. The van der Waals surface area contributed by atoms with Crippen LogP contribution in [0.4, 0.5) is 0 Å². The molecule has 0 aromatic carbocycles. The molecule has 0 amide bonds. The van der Waals surface area contributed by atoms with Gasteiger partial charge in [-0.3, -0.25) is 4.79 Å². The Labute approximate surface area is 201 Å². The molecule has 0 aromatic rings. The third-order valence-electron chi connectivity index (χ3n) is 10.4. The van der Waals surface area contributed by atoms with Gasteiger partial charge in [0.1, 0.15) is 6.10 Å². The molecule has 3 heteroatoms. The number of carbonyl (C=O) groups is 1. The number of carbonyl (C=O) groups excluding carboxylic acids is 1.